The number of sulfonamides is 1. The van der Waals surface area contributed by atoms with Gasteiger partial charge in [-0.2, -0.15) is 5.26 Å². The number of nitrogen functional groups attached to an aromatic ring is 1. The summed E-state index contributed by atoms with van der Waals surface area (Å²) in [6.45, 7) is 1.72. The minimum absolute atomic E-state index is 0.175. The third-order valence-electron chi connectivity index (χ3n) is 3.21. The molecule has 5 nitrogen and oxygen atoms in total. The smallest absolute Gasteiger partial charge is 0.264 e. The molecule has 0 fully saturated rings. The molecule has 0 aliphatic carbocycles. The highest BCUT2D eigenvalue weighted by molar-refractivity contribution is 7.92. The summed E-state index contributed by atoms with van der Waals surface area (Å²) in [5, 5.41) is 8.78. The highest BCUT2D eigenvalue weighted by Gasteiger charge is 2.23. The summed E-state index contributed by atoms with van der Waals surface area (Å²) < 4.78 is 26.5. The second-order valence-corrected chi connectivity index (χ2v) is 6.59. The van der Waals surface area contributed by atoms with E-state index < -0.39 is 10.0 Å². The fourth-order valence-electron chi connectivity index (χ4n) is 1.93. The second-order valence-electron chi connectivity index (χ2n) is 4.66. The number of hydrogen-bond donors (Lipinski definition) is 1. The van der Waals surface area contributed by atoms with Crippen LogP contribution in [0.25, 0.3) is 0 Å². The fourth-order valence-corrected chi connectivity index (χ4v) is 3.38. The predicted octanol–water partition coefficient (Wildman–Crippen LogP) is 2.27. The first-order valence-corrected chi connectivity index (χ1v) is 7.65. The zero-order valence-electron chi connectivity index (χ0n) is 11.7. The Balaban J connectivity index is 2.47. The van der Waals surface area contributed by atoms with Gasteiger partial charge in [-0.05, 0) is 48.9 Å². The van der Waals surface area contributed by atoms with Gasteiger partial charge in [0.05, 0.1) is 22.2 Å². The number of aryl methyl sites for hydroxylation is 1. The van der Waals surface area contributed by atoms with Crippen LogP contribution in [0.15, 0.2) is 47.4 Å². The Labute approximate surface area is 124 Å². The van der Waals surface area contributed by atoms with Crippen molar-refractivity contribution in [2.75, 3.05) is 17.1 Å². The Hall–Kier alpha value is -2.52. The molecule has 0 spiro atoms. The zero-order valence-corrected chi connectivity index (χ0v) is 12.6. The molecule has 0 amide bonds. The number of hydrogen-bond acceptors (Lipinski definition) is 4. The van der Waals surface area contributed by atoms with Gasteiger partial charge < -0.3 is 5.73 Å². The van der Waals surface area contributed by atoms with Gasteiger partial charge in [-0.25, -0.2) is 8.42 Å². The van der Waals surface area contributed by atoms with Crippen LogP contribution in [0.1, 0.15) is 11.1 Å². The number of nitrogens with two attached hydrogens (primary N) is 1. The van der Waals surface area contributed by atoms with Gasteiger partial charge in [-0.1, -0.05) is 6.07 Å². The minimum Gasteiger partial charge on any atom is -0.399 e. The first-order chi connectivity index (χ1) is 9.86. The molecule has 0 bridgehead atoms. The molecule has 0 atom stereocenters. The summed E-state index contributed by atoms with van der Waals surface area (Å²) in [5.41, 5.74) is 7.67. The Bertz CT molecular complexity index is 806. The van der Waals surface area contributed by atoms with Crippen molar-refractivity contribution in [2.45, 2.75) is 11.8 Å². The van der Waals surface area contributed by atoms with Gasteiger partial charge in [-0.15, -0.1) is 0 Å². The summed E-state index contributed by atoms with van der Waals surface area (Å²) in [5.74, 6) is 0. The molecule has 6 heteroatoms. The van der Waals surface area contributed by atoms with E-state index in [1.165, 1.54) is 17.4 Å². The Morgan fingerprint density at radius 2 is 1.76 bits per heavy atom. The van der Waals surface area contributed by atoms with Gasteiger partial charge in [0.25, 0.3) is 10.0 Å². The van der Waals surface area contributed by atoms with E-state index in [0.29, 0.717) is 22.5 Å². The lowest BCUT2D eigenvalue weighted by atomic mass is 10.2. The van der Waals surface area contributed by atoms with Crippen LogP contribution in [0, 0.1) is 18.3 Å². The van der Waals surface area contributed by atoms with Crippen LogP contribution in [0.3, 0.4) is 0 Å². The van der Waals surface area contributed by atoms with E-state index in [4.69, 9.17) is 11.0 Å². The predicted molar refractivity (Wildman–Crippen MR) is 82.3 cm³/mol. The second kappa shape index (κ2) is 5.46. The van der Waals surface area contributed by atoms with Crippen molar-refractivity contribution in [2.24, 2.45) is 0 Å². The minimum atomic E-state index is -3.69. The Morgan fingerprint density at radius 1 is 1.14 bits per heavy atom. The van der Waals surface area contributed by atoms with Gasteiger partial charge in [-0.3, -0.25) is 4.31 Å². The van der Waals surface area contributed by atoms with Crippen LogP contribution in [0.4, 0.5) is 11.4 Å². The first kappa shape index (κ1) is 14.9. The van der Waals surface area contributed by atoms with Gasteiger partial charge in [0, 0.05) is 12.7 Å². The number of rotatable bonds is 3. The molecule has 2 aromatic carbocycles. The van der Waals surface area contributed by atoms with Crippen molar-refractivity contribution in [3.05, 3.63) is 53.6 Å². The number of nitriles is 1. The molecule has 0 radical (unpaired) electrons. The third-order valence-corrected chi connectivity index (χ3v) is 5.14. The van der Waals surface area contributed by atoms with Gasteiger partial charge in [0.1, 0.15) is 0 Å². The van der Waals surface area contributed by atoms with Crippen molar-refractivity contribution in [1.82, 2.24) is 0 Å². The van der Waals surface area contributed by atoms with Gasteiger partial charge >= 0.3 is 0 Å². The van der Waals surface area contributed by atoms with Crippen molar-refractivity contribution in [3.63, 3.8) is 0 Å². The molecule has 0 aliphatic rings. The van der Waals surface area contributed by atoms with E-state index >= 15 is 0 Å². The fraction of sp³-hybridized carbons (Fsp3) is 0.133. The average Bonchev–Trinajstić information content (AvgIpc) is 2.49. The van der Waals surface area contributed by atoms with Crippen LogP contribution in [-0.4, -0.2) is 15.5 Å². The van der Waals surface area contributed by atoms with Crippen molar-refractivity contribution in [3.8, 4) is 6.07 Å². The maximum Gasteiger partial charge on any atom is 0.264 e. The average molecular weight is 301 g/mol. The molecule has 2 aromatic rings. The molecule has 0 aromatic heterocycles. The standard InChI is InChI=1S/C15H15N3O2S/c1-11-3-6-13(17)9-15(11)21(19,20)18(2)14-7-4-12(10-16)5-8-14/h3-9H,17H2,1-2H3. The quantitative estimate of drug-likeness (QED) is 0.881. The van der Waals surface area contributed by atoms with E-state index in [9.17, 15) is 8.42 Å². The highest BCUT2D eigenvalue weighted by Crippen LogP contribution is 2.25. The Kier molecular flexibility index (Phi) is 3.87. The van der Waals surface area contributed by atoms with E-state index in [-0.39, 0.29) is 4.90 Å². The number of benzene rings is 2. The number of anilines is 2. The molecule has 0 heterocycles. The lowest BCUT2D eigenvalue weighted by molar-refractivity contribution is 0.594. The van der Waals surface area contributed by atoms with E-state index in [2.05, 4.69) is 0 Å². The van der Waals surface area contributed by atoms with E-state index in [1.807, 2.05) is 6.07 Å². The van der Waals surface area contributed by atoms with Crippen molar-refractivity contribution >= 4 is 21.4 Å². The largest absolute Gasteiger partial charge is 0.399 e. The first-order valence-electron chi connectivity index (χ1n) is 6.21. The summed E-state index contributed by atoms with van der Waals surface area (Å²) in [4.78, 5) is 0.175. The van der Waals surface area contributed by atoms with E-state index in [1.54, 1.807) is 43.3 Å². The molecular weight excluding hydrogens is 286 g/mol. The molecule has 0 saturated carbocycles. The SMILES string of the molecule is Cc1ccc(N)cc1S(=O)(=O)N(C)c1ccc(C#N)cc1. The number of nitrogens with zero attached hydrogens (tertiary/aromatic N) is 2. The molecule has 2 N–H and O–H groups in total. The normalized spacial score (nSPS) is 10.9. The molecule has 108 valence electrons. The van der Waals surface area contributed by atoms with Crippen molar-refractivity contribution in [1.29, 1.82) is 5.26 Å². The molecule has 0 aliphatic heterocycles. The molecule has 21 heavy (non-hydrogen) atoms. The van der Waals surface area contributed by atoms with Gasteiger partial charge in [0.2, 0.25) is 0 Å². The molecule has 0 unspecified atom stereocenters. The lowest BCUT2D eigenvalue weighted by Crippen LogP contribution is -2.27. The molecular formula is C15H15N3O2S. The molecule has 0 saturated heterocycles. The zero-order chi connectivity index (χ0) is 15.6. The van der Waals surface area contributed by atoms with Crippen LogP contribution in [0.5, 0.6) is 0 Å². The maximum atomic E-state index is 12.7. The van der Waals surface area contributed by atoms with Gasteiger partial charge in [0.15, 0.2) is 0 Å². The highest BCUT2D eigenvalue weighted by atomic mass is 32.2. The topological polar surface area (TPSA) is 87.2 Å². The molecule has 2 rings (SSSR count). The van der Waals surface area contributed by atoms with Crippen LogP contribution in [-0.2, 0) is 10.0 Å². The summed E-state index contributed by atoms with van der Waals surface area (Å²) in [7, 11) is -2.22. The van der Waals surface area contributed by atoms with Crippen molar-refractivity contribution < 1.29 is 8.42 Å². The third kappa shape index (κ3) is 2.83. The summed E-state index contributed by atoms with van der Waals surface area (Å²) in [6, 6.07) is 13.1. The summed E-state index contributed by atoms with van der Waals surface area (Å²) in [6.07, 6.45) is 0. The lowest BCUT2D eigenvalue weighted by Gasteiger charge is -2.21. The van der Waals surface area contributed by atoms with Crippen LogP contribution in [0.2, 0.25) is 0 Å². The van der Waals surface area contributed by atoms with E-state index in [0.717, 1.165) is 0 Å². The maximum absolute atomic E-state index is 12.7. The monoisotopic (exact) mass is 301 g/mol. The summed E-state index contributed by atoms with van der Waals surface area (Å²) >= 11 is 0. The van der Waals surface area contributed by atoms with Crippen LogP contribution >= 0.6 is 0 Å². The van der Waals surface area contributed by atoms with Crippen LogP contribution < -0.4 is 10.0 Å². The Morgan fingerprint density at radius 3 is 2.33 bits per heavy atom.